The van der Waals surface area contributed by atoms with Gasteiger partial charge in [0.2, 0.25) is 0 Å². The molecule has 0 saturated heterocycles. The lowest BCUT2D eigenvalue weighted by atomic mass is 10.1. The second kappa shape index (κ2) is 5.01. The van der Waals surface area contributed by atoms with Gasteiger partial charge in [-0.05, 0) is 35.0 Å². The fourth-order valence-corrected chi connectivity index (χ4v) is 2.01. The molecular weight excluding hydrogens is 252 g/mol. The Morgan fingerprint density at radius 3 is 2.50 bits per heavy atom. The van der Waals surface area contributed by atoms with E-state index in [2.05, 4.69) is 16.4 Å². The van der Waals surface area contributed by atoms with Gasteiger partial charge >= 0.3 is 5.97 Å². The van der Waals surface area contributed by atoms with Gasteiger partial charge < -0.3 is 10.4 Å². The Balaban J connectivity index is 1.87. The zero-order valence-corrected chi connectivity index (χ0v) is 10.6. The molecule has 0 spiro atoms. The van der Waals surface area contributed by atoms with E-state index in [0.29, 0.717) is 5.82 Å². The van der Waals surface area contributed by atoms with E-state index in [9.17, 15) is 4.79 Å². The minimum atomic E-state index is -0.977. The third kappa shape index (κ3) is 2.44. The molecule has 0 aliphatic carbocycles. The summed E-state index contributed by atoms with van der Waals surface area (Å²) in [5.41, 5.74) is 1.09. The molecule has 0 amide bonds. The molecule has 3 rings (SSSR count). The third-order valence-corrected chi connectivity index (χ3v) is 3.03. The van der Waals surface area contributed by atoms with Crippen LogP contribution in [-0.2, 0) is 0 Å². The van der Waals surface area contributed by atoms with Crippen LogP contribution in [0.25, 0.3) is 10.8 Å². The summed E-state index contributed by atoms with van der Waals surface area (Å²) in [6.07, 6.45) is 1.34. The Hall–Kier alpha value is -2.88. The van der Waals surface area contributed by atoms with Crippen LogP contribution in [0.2, 0.25) is 0 Å². The van der Waals surface area contributed by atoms with E-state index < -0.39 is 5.97 Å². The average molecular weight is 264 g/mol. The summed E-state index contributed by atoms with van der Waals surface area (Å²) in [6.45, 7) is 0. The van der Waals surface area contributed by atoms with Gasteiger partial charge in [-0.2, -0.15) is 0 Å². The van der Waals surface area contributed by atoms with Gasteiger partial charge in [-0.25, -0.2) is 9.78 Å². The number of carboxylic acids is 1. The number of nitrogens with one attached hydrogen (secondary N) is 1. The van der Waals surface area contributed by atoms with Gasteiger partial charge in [-0.3, -0.25) is 0 Å². The molecule has 20 heavy (non-hydrogen) atoms. The highest BCUT2D eigenvalue weighted by Gasteiger charge is 2.03. The highest BCUT2D eigenvalue weighted by atomic mass is 16.4. The lowest BCUT2D eigenvalue weighted by Gasteiger charge is -2.07. The minimum absolute atomic E-state index is 0.175. The predicted octanol–water partition coefficient (Wildman–Crippen LogP) is 3.68. The number of rotatable bonds is 3. The van der Waals surface area contributed by atoms with Crippen LogP contribution < -0.4 is 5.32 Å². The smallest absolute Gasteiger partial charge is 0.337 e. The number of hydrogen-bond acceptors (Lipinski definition) is 3. The number of aromatic carboxylic acids is 1. The van der Waals surface area contributed by atoms with Crippen molar-refractivity contribution in [1.82, 2.24) is 4.98 Å². The molecule has 98 valence electrons. The fraction of sp³-hybridized carbons (Fsp3) is 0. The van der Waals surface area contributed by atoms with Crippen LogP contribution in [0.4, 0.5) is 11.5 Å². The van der Waals surface area contributed by atoms with Crippen molar-refractivity contribution in [2.45, 2.75) is 0 Å². The van der Waals surface area contributed by atoms with Crippen molar-refractivity contribution < 1.29 is 9.90 Å². The van der Waals surface area contributed by atoms with Crippen LogP contribution in [0.5, 0.6) is 0 Å². The van der Waals surface area contributed by atoms with Crippen LogP contribution >= 0.6 is 0 Å². The molecule has 0 aliphatic heterocycles. The molecule has 3 aromatic rings. The number of anilines is 2. The minimum Gasteiger partial charge on any atom is -0.478 e. The number of carboxylic acid groups (broad SMARTS) is 1. The first-order valence-electron chi connectivity index (χ1n) is 6.17. The molecule has 4 nitrogen and oxygen atoms in total. The van der Waals surface area contributed by atoms with Crippen molar-refractivity contribution in [2.24, 2.45) is 0 Å². The zero-order chi connectivity index (χ0) is 13.9. The third-order valence-electron chi connectivity index (χ3n) is 3.03. The molecule has 0 fully saturated rings. The Kier molecular flexibility index (Phi) is 3.05. The van der Waals surface area contributed by atoms with Crippen molar-refractivity contribution in [3.8, 4) is 0 Å². The molecular formula is C16H12N2O2. The van der Waals surface area contributed by atoms with Crippen molar-refractivity contribution in [2.75, 3.05) is 5.32 Å². The van der Waals surface area contributed by atoms with Crippen LogP contribution in [0.1, 0.15) is 10.4 Å². The Labute approximate surface area is 115 Å². The van der Waals surface area contributed by atoms with Gasteiger partial charge in [-0.1, -0.05) is 30.3 Å². The molecule has 2 N–H and O–H groups in total. The lowest BCUT2D eigenvalue weighted by molar-refractivity contribution is 0.0696. The number of benzene rings is 2. The normalized spacial score (nSPS) is 10.4. The van der Waals surface area contributed by atoms with Gasteiger partial charge in [0.05, 0.1) is 5.56 Å². The number of hydrogen-bond donors (Lipinski definition) is 2. The molecule has 0 atom stereocenters. The lowest BCUT2D eigenvalue weighted by Crippen LogP contribution is -1.99. The molecule has 0 unspecified atom stereocenters. The molecule has 1 heterocycles. The molecule has 4 heteroatoms. The summed E-state index contributed by atoms with van der Waals surface area (Å²) in [6, 6.07) is 17.3. The summed E-state index contributed by atoms with van der Waals surface area (Å²) in [7, 11) is 0. The Bertz CT molecular complexity index is 767. The van der Waals surface area contributed by atoms with E-state index in [1.54, 1.807) is 6.07 Å². The first kappa shape index (κ1) is 12.2. The first-order chi connectivity index (χ1) is 9.72. The van der Waals surface area contributed by atoms with E-state index in [1.807, 2.05) is 36.4 Å². The van der Waals surface area contributed by atoms with Gasteiger partial charge in [0.25, 0.3) is 0 Å². The average Bonchev–Trinajstić information content (AvgIpc) is 2.48. The maximum atomic E-state index is 10.8. The van der Waals surface area contributed by atoms with Gasteiger partial charge in [-0.15, -0.1) is 0 Å². The maximum Gasteiger partial charge on any atom is 0.337 e. The maximum absolute atomic E-state index is 10.8. The number of carbonyl (C=O) groups is 1. The van der Waals surface area contributed by atoms with Gasteiger partial charge in [0.15, 0.2) is 0 Å². The second-order valence-electron chi connectivity index (χ2n) is 4.42. The van der Waals surface area contributed by atoms with Crippen molar-refractivity contribution in [3.63, 3.8) is 0 Å². The fourth-order valence-electron chi connectivity index (χ4n) is 2.01. The SMILES string of the molecule is O=C(O)c1ccc(Nc2ccc3ccccc3c2)nc1. The van der Waals surface area contributed by atoms with E-state index >= 15 is 0 Å². The van der Waals surface area contributed by atoms with E-state index in [4.69, 9.17) is 5.11 Å². The van der Waals surface area contributed by atoms with Gasteiger partial charge in [0, 0.05) is 11.9 Å². The molecule has 0 aliphatic rings. The summed E-state index contributed by atoms with van der Waals surface area (Å²) >= 11 is 0. The van der Waals surface area contributed by atoms with Crippen LogP contribution in [-0.4, -0.2) is 16.1 Å². The van der Waals surface area contributed by atoms with Gasteiger partial charge in [0.1, 0.15) is 5.82 Å². The highest BCUT2D eigenvalue weighted by Crippen LogP contribution is 2.21. The van der Waals surface area contributed by atoms with Crippen molar-refractivity contribution >= 4 is 28.2 Å². The van der Waals surface area contributed by atoms with Crippen molar-refractivity contribution in [1.29, 1.82) is 0 Å². The molecule has 1 aromatic heterocycles. The second-order valence-corrected chi connectivity index (χ2v) is 4.42. The predicted molar refractivity (Wildman–Crippen MR) is 78.4 cm³/mol. The number of nitrogens with zero attached hydrogens (tertiary/aromatic N) is 1. The zero-order valence-electron chi connectivity index (χ0n) is 10.6. The Morgan fingerprint density at radius 2 is 1.80 bits per heavy atom. The monoisotopic (exact) mass is 264 g/mol. The highest BCUT2D eigenvalue weighted by molar-refractivity contribution is 5.88. The standard InChI is InChI=1S/C16H12N2O2/c19-16(20)13-6-8-15(17-10-13)18-14-7-5-11-3-1-2-4-12(11)9-14/h1-10H,(H,17,18)(H,19,20). The number of pyridine rings is 1. The molecule has 0 bridgehead atoms. The molecule has 2 aromatic carbocycles. The number of aromatic nitrogens is 1. The topological polar surface area (TPSA) is 62.2 Å². The summed E-state index contributed by atoms with van der Waals surface area (Å²) in [5.74, 6) is -0.361. The first-order valence-corrected chi connectivity index (χ1v) is 6.17. The summed E-state index contributed by atoms with van der Waals surface area (Å²) in [4.78, 5) is 14.8. The quantitative estimate of drug-likeness (QED) is 0.757. The van der Waals surface area contributed by atoms with E-state index in [-0.39, 0.29) is 5.56 Å². The summed E-state index contributed by atoms with van der Waals surface area (Å²) < 4.78 is 0. The van der Waals surface area contributed by atoms with E-state index in [1.165, 1.54) is 17.6 Å². The number of fused-ring (bicyclic) bond motifs is 1. The van der Waals surface area contributed by atoms with Crippen LogP contribution in [0.3, 0.4) is 0 Å². The molecule has 0 radical (unpaired) electrons. The Morgan fingerprint density at radius 1 is 1.00 bits per heavy atom. The summed E-state index contributed by atoms with van der Waals surface area (Å²) in [5, 5.41) is 14.3. The van der Waals surface area contributed by atoms with Crippen molar-refractivity contribution in [3.05, 3.63) is 66.4 Å². The van der Waals surface area contributed by atoms with E-state index in [0.717, 1.165) is 11.1 Å². The largest absolute Gasteiger partial charge is 0.478 e. The molecule has 0 saturated carbocycles. The van der Waals surface area contributed by atoms with Crippen LogP contribution in [0, 0.1) is 0 Å². The van der Waals surface area contributed by atoms with Crippen LogP contribution in [0.15, 0.2) is 60.8 Å².